The number of nitrogens with one attached hydrogen (secondary N) is 2. The van der Waals surface area contributed by atoms with Gasteiger partial charge in [0.05, 0.1) is 7.11 Å². The van der Waals surface area contributed by atoms with Crippen LogP contribution in [0.2, 0.25) is 5.02 Å². The molecule has 0 bridgehead atoms. The second-order valence-corrected chi connectivity index (χ2v) is 7.03. The summed E-state index contributed by atoms with van der Waals surface area (Å²) in [7, 11) is 1.40. The minimum absolute atomic E-state index is 0. The molecule has 1 aromatic heterocycles. The van der Waals surface area contributed by atoms with Crippen LogP contribution in [0.4, 0.5) is 4.79 Å². The molecule has 11 heteroatoms. The summed E-state index contributed by atoms with van der Waals surface area (Å²) in [6.45, 7) is 4.28. The van der Waals surface area contributed by atoms with Crippen LogP contribution in [0.15, 0.2) is 33.8 Å². The molecule has 1 fully saturated rings. The second-order valence-electron chi connectivity index (χ2n) is 6.59. The molecule has 30 heavy (non-hydrogen) atoms. The summed E-state index contributed by atoms with van der Waals surface area (Å²) in [5, 5.41) is 11.2. The summed E-state index contributed by atoms with van der Waals surface area (Å²) in [5.74, 6) is 1.56. The number of hydrogen-bond acceptors (Lipinski definition) is 6. The van der Waals surface area contributed by atoms with E-state index in [1.807, 2.05) is 19.1 Å². The third-order valence-electron chi connectivity index (χ3n) is 4.54. The fraction of sp³-hybridized carbons (Fsp3) is 0.474. The summed E-state index contributed by atoms with van der Waals surface area (Å²) < 4.78 is 10.1. The van der Waals surface area contributed by atoms with Crippen molar-refractivity contribution in [2.24, 2.45) is 4.99 Å². The van der Waals surface area contributed by atoms with Crippen molar-refractivity contribution in [3.8, 4) is 11.4 Å². The molecule has 1 saturated heterocycles. The minimum Gasteiger partial charge on any atom is -0.453 e. The van der Waals surface area contributed by atoms with E-state index in [1.165, 1.54) is 7.11 Å². The molecule has 0 aliphatic carbocycles. The molecule has 0 atom stereocenters. The number of carbonyl (C=O) groups is 1. The number of piperidine rings is 1. The molecule has 0 unspecified atom stereocenters. The number of ether oxygens (including phenoxy) is 1. The van der Waals surface area contributed by atoms with Crippen LogP contribution in [0.1, 0.15) is 25.7 Å². The molecule has 1 aliphatic heterocycles. The summed E-state index contributed by atoms with van der Waals surface area (Å²) in [4.78, 5) is 22.2. The molecule has 9 nitrogen and oxygen atoms in total. The van der Waals surface area contributed by atoms with Crippen LogP contribution in [0.3, 0.4) is 0 Å². The molecule has 2 aromatic rings. The van der Waals surface area contributed by atoms with E-state index in [4.69, 9.17) is 20.9 Å². The standard InChI is InChI=1S/C19H25ClN6O3.HI/c1-3-21-18(23-15-7-9-26(10-8-15)19(27)28-2)22-12-16-24-17(25-29-16)13-5-4-6-14(20)11-13;/h4-6,11,15H,3,7-10,12H2,1-2H3,(H2,21,22,23);1H. The Labute approximate surface area is 197 Å². The second kappa shape index (κ2) is 11.9. The molecule has 0 radical (unpaired) electrons. The minimum atomic E-state index is -0.282. The van der Waals surface area contributed by atoms with Crippen LogP contribution >= 0.6 is 35.6 Å². The number of likely N-dealkylation sites (tertiary alicyclic amines) is 1. The highest BCUT2D eigenvalue weighted by molar-refractivity contribution is 14.0. The molecule has 2 heterocycles. The van der Waals surface area contributed by atoms with Gasteiger partial charge in [-0.2, -0.15) is 4.98 Å². The fourth-order valence-corrected chi connectivity index (χ4v) is 3.25. The quantitative estimate of drug-likeness (QED) is 0.336. The number of hydrogen-bond donors (Lipinski definition) is 2. The highest BCUT2D eigenvalue weighted by Crippen LogP contribution is 2.20. The number of guanidine groups is 1. The van der Waals surface area contributed by atoms with E-state index in [2.05, 4.69) is 25.8 Å². The van der Waals surface area contributed by atoms with Crippen molar-refractivity contribution >= 4 is 47.6 Å². The Bertz CT molecular complexity index is 854. The van der Waals surface area contributed by atoms with Gasteiger partial charge in [0.2, 0.25) is 11.7 Å². The first-order valence-electron chi connectivity index (χ1n) is 9.55. The van der Waals surface area contributed by atoms with Crippen molar-refractivity contribution < 1.29 is 14.1 Å². The molecule has 1 aliphatic rings. The number of halogens is 2. The number of methoxy groups -OCH3 is 1. The highest BCUT2D eigenvalue weighted by atomic mass is 127. The number of aromatic nitrogens is 2. The van der Waals surface area contributed by atoms with E-state index in [0.717, 1.165) is 24.9 Å². The first-order chi connectivity index (χ1) is 14.1. The van der Waals surface area contributed by atoms with Gasteiger partial charge in [-0.05, 0) is 31.9 Å². The van der Waals surface area contributed by atoms with E-state index < -0.39 is 0 Å². The molecule has 0 saturated carbocycles. The van der Waals surface area contributed by atoms with E-state index in [9.17, 15) is 4.79 Å². The van der Waals surface area contributed by atoms with Crippen LogP contribution in [0.25, 0.3) is 11.4 Å². The summed E-state index contributed by atoms with van der Waals surface area (Å²) in [6, 6.07) is 7.51. The Hall–Kier alpha value is -2.08. The van der Waals surface area contributed by atoms with Crippen LogP contribution in [-0.4, -0.2) is 59.9 Å². The lowest BCUT2D eigenvalue weighted by molar-refractivity contribution is 0.111. The Morgan fingerprint density at radius 3 is 2.83 bits per heavy atom. The lowest BCUT2D eigenvalue weighted by atomic mass is 10.1. The number of amides is 1. The molecule has 3 rings (SSSR count). The van der Waals surface area contributed by atoms with Crippen molar-refractivity contribution in [3.63, 3.8) is 0 Å². The maximum atomic E-state index is 11.6. The predicted octanol–water partition coefficient (Wildman–Crippen LogP) is 3.29. The zero-order valence-corrected chi connectivity index (χ0v) is 20.0. The Morgan fingerprint density at radius 1 is 1.40 bits per heavy atom. The van der Waals surface area contributed by atoms with Crippen LogP contribution < -0.4 is 10.6 Å². The molecular formula is C19H26ClIN6O3. The van der Waals surface area contributed by atoms with Gasteiger partial charge in [-0.1, -0.05) is 28.9 Å². The topological polar surface area (TPSA) is 105 Å². The van der Waals surface area contributed by atoms with Gasteiger partial charge in [0, 0.05) is 36.3 Å². The maximum Gasteiger partial charge on any atom is 0.409 e. The van der Waals surface area contributed by atoms with Crippen molar-refractivity contribution in [1.29, 1.82) is 0 Å². The first kappa shape index (κ1) is 24.2. The molecule has 0 spiro atoms. The van der Waals surface area contributed by atoms with E-state index in [1.54, 1.807) is 17.0 Å². The number of nitrogens with zero attached hydrogens (tertiary/aromatic N) is 4. The largest absolute Gasteiger partial charge is 0.453 e. The average Bonchev–Trinajstić information content (AvgIpc) is 3.21. The SMILES string of the molecule is CCNC(=NCc1nc(-c2cccc(Cl)c2)no1)NC1CCN(C(=O)OC)CC1.I. The van der Waals surface area contributed by atoms with Gasteiger partial charge >= 0.3 is 6.09 Å². The number of carbonyl (C=O) groups excluding carboxylic acids is 1. The first-order valence-corrected chi connectivity index (χ1v) is 9.93. The average molecular weight is 549 g/mol. The van der Waals surface area contributed by atoms with Gasteiger partial charge in [-0.25, -0.2) is 9.79 Å². The molecular weight excluding hydrogens is 523 g/mol. The van der Waals surface area contributed by atoms with Crippen molar-refractivity contribution in [2.75, 3.05) is 26.7 Å². The molecule has 1 amide bonds. The van der Waals surface area contributed by atoms with Crippen molar-refractivity contribution in [2.45, 2.75) is 32.4 Å². The van der Waals surface area contributed by atoms with Crippen LogP contribution in [0, 0.1) is 0 Å². The summed E-state index contributed by atoms with van der Waals surface area (Å²) in [5.41, 5.74) is 0.791. The van der Waals surface area contributed by atoms with Crippen molar-refractivity contribution in [3.05, 3.63) is 35.2 Å². The molecule has 2 N–H and O–H groups in total. The van der Waals surface area contributed by atoms with Gasteiger partial charge < -0.3 is 24.8 Å². The zero-order valence-electron chi connectivity index (χ0n) is 16.9. The number of aliphatic imine (C=N–C) groups is 1. The zero-order chi connectivity index (χ0) is 20.6. The van der Waals surface area contributed by atoms with Gasteiger partial charge in [0.25, 0.3) is 0 Å². The third kappa shape index (κ3) is 6.73. The summed E-state index contributed by atoms with van der Waals surface area (Å²) >= 11 is 6.01. The maximum absolute atomic E-state index is 11.6. The van der Waals surface area contributed by atoms with Gasteiger partial charge in [0.15, 0.2) is 5.96 Å². The fourth-order valence-electron chi connectivity index (χ4n) is 3.06. The van der Waals surface area contributed by atoms with E-state index >= 15 is 0 Å². The number of benzene rings is 1. The Kier molecular flexibility index (Phi) is 9.63. The van der Waals surface area contributed by atoms with E-state index in [-0.39, 0.29) is 42.7 Å². The highest BCUT2D eigenvalue weighted by Gasteiger charge is 2.23. The normalized spacial score (nSPS) is 14.8. The monoisotopic (exact) mass is 548 g/mol. The molecule has 164 valence electrons. The van der Waals surface area contributed by atoms with Crippen molar-refractivity contribution in [1.82, 2.24) is 25.7 Å². The Morgan fingerprint density at radius 2 is 2.17 bits per heavy atom. The number of rotatable bonds is 5. The smallest absolute Gasteiger partial charge is 0.409 e. The molecule has 1 aromatic carbocycles. The lowest BCUT2D eigenvalue weighted by Crippen LogP contribution is -2.49. The van der Waals surface area contributed by atoms with Gasteiger partial charge in [0.1, 0.15) is 6.54 Å². The van der Waals surface area contributed by atoms with E-state index in [0.29, 0.717) is 35.8 Å². The van der Waals surface area contributed by atoms with Crippen LogP contribution in [-0.2, 0) is 11.3 Å². The summed E-state index contributed by atoms with van der Waals surface area (Å²) in [6.07, 6.45) is 1.36. The third-order valence-corrected chi connectivity index (χ3v) is 4.77. The predicted molar refractivity (Wildman–Crippen MR) is 125 cm³/mol. The van der Waals surface area contributed by atoms with Gasteiger partial charge in [-0.15, -0.1) is 24.0 Å². The van der Waals surface area contributed by atoms with Gasteiger partial charge in [-0.3, -0.25) is 0 Å². The lowest BCUT2D eigenvalue weighted by Gasteiger charge is -2.32. The van der Waals surface area contributed by atoms with Crippen LogP contribution in [0.5, 0.6) is 0 Å². The Balaban J connectivity index is 0.00000320.